The van der Waals surface area contributed by atoms with Crippen molar-refractivity contribution in [2.75, 3.05) is 24.6 Å². The van der Waals surface area contributed by atoms with Gasteiger partial charge in [-0.15, -0.1) is 0 Å². The third-order valence-corrected chi connectivity index (χ3v) is 2.71. The van der Waals surface area contributed by atoms with Crippen LogP contribution in [0.1, 0.15) is 12.6 Å². The van der Waals surface area contributed by atoms with Crippen LogP contribution in [0.15, 0.2) is 6.07 Å². The molecule has 0 aliphatic carbocycles. The summed E-state index contributed by atoms with van der Waals surface area (Å²) < 4.78 is 43.1. The van der Waals surface area contributed by atoms with Gasteiger partial charge in [0.2, 0.25) is 5.28 Å². The highest BCUT2D eigenvalue weighted by molar-refractivity contribution is 6.28. The molecule has 1 unspecified atom stereocenters. The first-order valence-corrected chi connectivity index (χ1v) is 5.72. The monoisotopic (exact) mass is 281 g/mol. The van der Waals surface area contributed by atoms with Crippen LogP contribution < -0.4 is 4.90 Å². The van der Waals surface area contributed by atoms with Crippen LogP contribution >= 0.6 is 11.6 Å². The summed E-state index contributed by atoms with van der Waals surface area (Å²) in [5, 5.41) is -0.404. The zero-order valence-corrected chi connectivity index (χ0v) is 10.3. The summed E-state index contributed by atoms with van der Waals surface area (Å²) in [7, 11) is 0. The first-order valence-electron chi connectivity index (χ1n) is 5.34. The van der Waals surface area contributed by atoms with Crippen LogP contribution in [0, 0.1) is 0 Å². The predicted octanol–water partition coefficient (Wildman–Crippen LogP) is 2.37. The third-order valence-electron chi connectivity index (χ3n) is 2.54. The van der Waals surface area contributed by atoms with E-state index in [1.807, 2.05) is 6.92 Å². The van der Waals surface area contributed by atoms with Crippen molar-refractivity contribution in [2.24, 2.45) is 0 Å². The van der Waals surface area contributed by atoms with Gasteiger partial charge in [-0.05, 0) is 18.5 Å². The predicted molar refractivity (Wildman–Crippen MR) is 59.7 cm³/mol. The molecule has 4 nitrogen and oxygen atoms in total. The maximum atomic E-state index is 12.6. The maximum Gasteiger partial charge on any atom is 0.433 e. The van der Waals surface area contributed by atoms with Crippen molar-refractivity contribution < 1.29 is 17.9 Å². The minimum absolute atomic E-state index is 0.0539. The van der Waals surface area contributed by atoms with Crippen molar-refractivity contribution in [1.82, 2.24) is 9.97 Å². The van der Waals surface area contributed by atoms with E-state index in [4.69, 9.17) is 16.3 Å². The Morgan fingerprint density at radius 2 is 2.17 bits per heavy atom. The molecule has 1 aromatic heterocycles. The van der Waals surface area contributed by atoms with Crippen molar-refractivity contribution in [3.8, 4) is 0 Å². The van der Waals surface area contributed by atoms with Gasteiger partial charge in [-0.1, -0.05) is 0 Å². The molecule has 0 N–H and O–H groups in total. The topological polar surface area (TPSA) is 38.2 Å². The van der Waals surface area contributed by atoms with Crippen LogP contribution in [-0.4, -0.2) is 35.8 Å². The Balaban J connectivity index is 2.30. The molecule has 0 amide bonds. The van der Waals surface area contributed by atoms with Gasteiger partial charge in [-0.3, -0.25) is 0 Å². The number of alkyl halides is 3. The number of rotatable bonds is 1. The molecular weight excluding hydrogens is 271 g/mol. The molecule has 0 spiro atoms. The Labute approximate surface area is 107 Å². The van der Waals surface area contributed by atoms with Crippen LogP contribution in [-0.2, 0) is 10.9 Å². The number of aromatic nitrogens is 2. The Morgan fingerprint density at radius 1 is 1.44 bits per heavy atom. The molecule has 1 aliphatic heterocycles. The normalized spacial score (nSPS) is 21.2. The summed E-state index contributed by atoms with van der Waals surface area (Å²) in [6, 6.07) is 0.907. The van der Waals surface area contributed by atoms with Crippen molar-refractivity contribution >= 4 is 17.4 Å². The van der Waals surface area contributed by atoms with Crippen molar-refractivity contribution in [3.05, 3.63) is 17.0 Å². The molecule has 2 rings (SSSR count). The highest BCUT2D eigenvalue weighted by atomic mass is 35.5. The first kappa shape index (κ1) is 13.4. The molecule has 0 bridgehead atoms. The number of hydrogen-bond acceptors (Lipinski definition) is 4. The fraction of sp³-hybridized carbons (Fsp3) is 0.600. The van der Waals surface area contributed by atoms with E-state index in [-0.39, 0.29) is 11.9 Å². The summed E-state index contributed by atoms with van der Waals surface area (Å²) in [5.41, 5.74) is -1.03. The lowest BCUT2D eigenvalue weighted by atomic mass is 10.3. The summed E-state index contributed by atoms with van der Waals surface area (Å²) in [6.07, 6.45) is -4.58. The van der Waals surface area contributed by atoms with Gasteiger partial charge in [0.15, 0.2) is 5.69 Å². The SMILES string of the molecule is CC1CN(c2cc(C(F)(F)F)nc(Cl)n2)CCO1. The van der Waals surface area contributed by atoms with Gasteiger partial charge in [0.05, 0.1) is 12.7 Å². The summed E-state index contributed by atoms with van der Waals surface area (Å²) in [6.45, 7) is 3.25. The summed E-state index contributed by atoms with van der Waals surface area (Å²) >= 11 is 5.53. The summed E-state index contributed by atoms with van der Waals surface area (Å²) in [4.78, 5) is 8.73. The van der Waals surface area contributed by atoms with E-state index in [2.05, 4.69) is 9.97 Å². The van der Waals surface area contributed by atoms with Gasteiger partial charge in [0, 0.05) is 19.2 Å². The molecule has 1 aliphatic rings. The number of anilines is 1. The van der Waals surface area contributed by atoms with Crippen LogP contribution in [0.4, 0.5) is 19.0 Å². The lowest BCUT2D eigenvalue weighted by Gasteiger charge is -2.32. The molecule has 0 aromatic carbocycles. The van der Waals surface area contributed by atoms with Crippen LogP contribution in [0.5, 0.6) is 0 Å². The molecule has 1 fully saturated rings. The number of hydrogen-bond donors (Lipinski definition) is 0. The minimum Gasteiger partial charge on any atom is -0.375 e. The van der Waals surface area contributed by atoms with Gasteiger partial charge in [-0.25, -0.2) is 9.97 Å². The molecule has 100 valence electrons. The zero-order valence-electron chi connectivity index (χ0n) is 9.54. The van der Waals surface area contributed by atoms with Crippen molar-refractivity contribution in [3.63, 3.8) is 0 Å². The van der Waals surface area contributed by atoms with E-state index in [0.717, 1.165) is 6.07 Å². The number of morpholine rings is 1. The summed E-state index contributed by atoms with van der Waals surface area (Å²) in [5.74, 6) is 0.178. The molecule has 2 heterocycles. The lowest BCUT2D eigenvalue weighted by Crippen LogP contribution is -2.41. The molecule has 1 saturated heterocycles. The Kier molecular flexibility index (Phi) is 3.63. The second kappa shape index (κ2) is 4.89. The Hall–Kier alpha value is -1.08. The van der Waals surface area contributed by atoms with Crippen LogP contribution in [0.3, 0.4) is 0 Å². The van der Waals surface area contributed by atoms with Gasteiger partial charge < -0.3 is 9.64 Å². The Morgan fingerprint density at radius 3 is 2.78 bits per heavy atom. The van der Waals surface area contributed by atoms with Gasteiger partial charge >= 0.3 is 6.18 Å². The van der Waals surface area contributed by atoms with Crippen molar-refractivity contribution in [2.45, 2.75) is 19.2 Å². The minimum atomic E-state index is -4.53. The average Bonchev–Trinajstić information content (AvgIpc) is 2.27. The van der Waals surface area contributed by atoms with Gasteiger partial charge in [0.25, 0.3) is 0 Å². The number of halogens is 4. The third kappa shape index (κ3) is 3.02. The van der Waals surface area contributed by atoms with Gasteiger partial charge in [0.1, 0.15) is 5.82 Å². The molecule has 0 radical (unpaired) electrons. The fourth-order valence-corrected chi connectivity index (χ4v) is 1.92. The molecule has 0 saturated carbocycles. The van der Waals surface area contributed by atoms with Gasteiger partial charge in [-0.2, -0.15) is 13.2 Å². The standard InChI is InChI=1S/C10H11ClF3N3O/c1-6-5-17(2-3-18-6)8-4-7(10(12,13)14)15-9(11)16-8/h4,6H,2-3,5H2,1H3. The van der Waals surface area contributed by atoms with E-state index < -0.39 is 17.2 Å². The molecule has 18 heavy (non-hydrogen) atoms. The number of nitrogens with zero attached hydrogens (tertiary/aromatic N) is 3. The fourth-order valence-electron chi connectivity index (χ4n) is 1.74. The highest BCUT2D eigenvalue weighted by Crippen LogP contribution is 2.30. The van der Waals surface area contributed by atoms with Crippen LogP contribution in [0.2, 0.25) is 5.28 Å². The van der Waals surface area contributed by atoms with E-state index in [9.17, 15) is 13.2 Å². The highest BCUT2D eigenvalue weighted by Gasteiger charge is 2.34. The Bertz CT molecular complexity index is 441. The molecule has 8 heteroatoms. The molecule has 1 aromatic rings. The van der Waals surface area contributed by atoms with E-state index in [1.54, 1.807) is 4.90 Å². The second-order valence-electron chi connectivity index (χ2n) is 4.01. The van der Waals surface area contributed by atoms with E-state index in [0.29, 0.717) is 19.7 Å². The lowest BCUT2D eigenvalue weighted by molar-refractivity contribution is -0.141. The van der Waals surface area contributed by atoms with Crippen molar-refractivity contribution in [1.29, 1.82) is 0 Å². The second-order valence-corrected chi connectivity index (χ2v) is 4.34. The largest absolute Gasteiger partial charge is 0.433 e. The van der Waals surface area contributed by atoms with E-state index >= 15 is 0 Å². The average molecular weight is 282 g/mol. The van der Waals surface area contributed by atoms with Crippen LogP contribution in [0.25, 0.3) is 0 Å². The zero-order chi connectivity index (χ0) is 13.3. The molecular formula is C10H11ClF3N3O. The smallest absolute Gasteiger partial charge is 0.375 e. The molecule has 1 atom stereocenters. The first-order chi connectivity index (χ1) is 8.36. The quantitative estimate of drug-likeness (QED) is 0.741. The number of ether oxygens (including phenoxy) is 1. The maximum absolute atomic E-state index is 12.6. The van der Waals surface area contributed by atoms with E-state index in [1.165, 1.54) is 0 Å².